The third-order valence-corrected chi connectivity index (χ3v) is 4.10. The standard InChI is InChI=1S/C20H24N4O4/c1-5-27-19(25)16(20(26)28-6-2)17-15(12-7-9-13(22)10-8-12)14(11-21)18(23-17)24(3)4/h7-10,16,23H,5-6,22H2,1-4H3. The Bertz CT molecular complexity index is 876. The van der Waals surface area contributed by atoms with Gasteiger partial charge in [0.15, 0.2) is 5.92 Å². The molecule has 0 fully saturated rings. The number of hydrogen-bond acceptors (Lipinski definition) is 7. The maximum absolute atomic E-state index is 12.6. The zero-order valence-corrected chi connectivity index (χ0v) is 16.4. The summed E-state index contributed by atoms with van der Waals surface area (Å²) in [5, 5.41) is 9.79. The molecular formula is C20H24N4O4. The predicted octanol–water partition coefficient (Wildman–Crippen LogP) is 2.41. The number of rotatable bonds is 7. The van der Waals surface area contributed by atoms with E-state index in [2.05, 4.69) is 11.1 Å². The van der Waals surface area contributed by atoms with Crippen LogP contribution in [0.2, 0.25) is 0 Å². The van der Waals surface area contributed by atoms with Gasteiger partial charge in [0.25, 0.3) is 0 Å². The van der Waals surface area contributed by atoms with Gasteiger partial charge < -0.3 is 25.1 Å². The van der Waals surface area contributed by atoms with Gasteiger partial charge in [-0.3, -0.25) is 9.59 Å². The number of nitrogens with two attached hydrogens (primary N) is 1. The van der Waals surface area contributed by atoms with Gasteiger partial charge in [0, 0.05) is 25.3 Å². The van der Waals surface area contributed by atoms with Crippen LogP contribution in [0.1, 0.15) is 31.0 Å². The molecule has 2 aromatic rings. The van der Waals surface area contributed by atoms with E-state index in [4.69, 9.17) is 15.2 Å². The first-order chi connectivity index (χ1) is 13.3. The van der Waals surface area contributed by atoms with Crippen molar-refractivity contribution >= 4 is 23.4 Å². The zero-order valence-electron chi connectivity index (χ0n) is 16.4. The number of carbonyl (C=O) groups is 2. The first kappa shape index (κ1) is 20.8. The number of hydrogen-bond donors (Lipinski definition) is 2. The Balaban J connectivity index is 2.78. The number of nitrogen functional groups attached to an aromatic ring is 1. The number of ether oxygens (including phenoxy) is 2. The average Bonchev–Trinajstić information content (AvgIpc) is 3.02. The van der Waals surface area contributed by atoms with Crippen molar-refractivity contribution in [1.29, 1.82) is 5.26 Å². The van der Waals surface area contributed by atoms with Crippen molar-refractivity contribution in [2.45, 2.75) is 19.8 Å². The number of nitriles is 1. The molecule has 0 aliphatic rings. The van der Waals surface area contributed by atoms with Gasteiger partial charge in [0.05, 0.1) is 18.9 Å². The van der Waals surface area contributed by atoms with Crippen molar-refractivity contribution in [1.82, 2.24) is 4.98 Å². The Labute approximate surface area is 163 Å². The first-order valence-electron chi connectivity index (χ1n) is 8.88. The number of anilines is 2. The van der Waals surface area contributed by atoms with Crippen LogP contribution in [0.4, 0.5) is 11.5 Å². The van der Waals surface area contributed by atoms with E-state index >= 15 is 0 Å². The fraction of sp³-hybridized carbons (Fsp3) is 0.350. The number of nitrogens with zero attached hydrogens (tertiary/aromatic N) is 2. The highest BCUT2D eigenvalue weighted by Crippen LogP contribution is 2.38. The molecule has 0 saturated heterocycles. The Kier molecular flexibility index (Phi) is 6.66. The lowest BCUT2D eigenvalue weighted by Gasteiger charge is -2.15. The molecule has 1 heterocycles. The van der Waals surface area contributed by atoms with E-state index in [0.29, 0.717) is 28.2 Å². The van der Waals surface area contributed by atoms with E-state index in [1.165, 1.54) is 0 Å². The molecule has 1 aromatic carbocycles. The lowest BCUT2D eigenvalue weighted by Crippen LogP contribution is -2.27. The zero-order chi connectivity index (χ0) is 20.8. The molecule has 0 radical (unpaired) electrons. The second kappa shape index (κ2) is 8.95. The lowest BCUT2D eigenvalue weighted by atomic mass is 9.94. The third kappa shape index (κ3) is 4.09. The summed E-state index contributed by atoms with van der Waals surface area (Å²) < 4.78 is 10.2. The minimum atomic E-state index is -1.34. The predicted molar refractivity (Wildman–Crippen MR) is 106 cm³/mol. The number of H-pyrrole nitrogens is 1. The minimum absolute atomic E-state index is 0.109. The number of carbonyl (C=O) groups excluding carboxylic acids is 2. The van der Waals surface area contributed by atoms with Crippen LogP contribution in [-0.2, 0) is 19.1 Å². The van der Waals surface area contributed by atoms with Crippen LogP contribution in [0, 0.1) is 11.3 Å². The van der Waals surface area contributed by atoms with Gasteiger partial charge in [0.1, 0.15) is 17.5 Å². The molecule has 0 aliphatic carbocycles. The second-order valence-electron chi connectivity index (χ2n) is 6.20. The summed E-state index contributed by atoms with van der Waals surface area (Å²) in [5.41, 5.74) is 7.97. The minimum Gasteiger partial charge on any atom is -0.465 e. The van der Waals surface area contributed by atoms with Gasteiger partial charge >= 0.3 is 11.9 Å². The molecule has 0 unspecified atom stereocenters. The monoisotopic (exact) mass is 384 g/mol. The van der Waals surface area contributed by atoms with Crippen molar-refractivity contribution in [3.8, 4) is 17.2 Å². The molecule has 0 saturated carbocycles. The summed E-state index contributed by atoms with van der Waals surface area (Å²) in [4.78, 5) is 30.0. The summed E-state index contributed by atoms with van der Waals surface area (Å²) in [6, 6.07) is 9.00. The number of aromatic amines is 1. The lowest BCUT2D eigenvalue weighted by molar-refractivity contribution is -0.157. The van der Waals surface area contributed by atoms with Crippen molar-refractivity contribution in [2.24, 2.45) is 0 Å². The van der Waals surface area contributed by atoms with Crippen LogP contribution in [0.25, 0.3) is 11.1 Å². The Morgan fingerprint density at radius 2 is 1.68 bits per heavy atom. The maximum Gasteiger partial charge on any atom is 0.326 e. The number of nitrogens with one attached hydrogen (secondary N) is 1. The first-order valence-corrected chi connectivity index (χ1v) is 8.88. The highest BCUT2D eigenvalue weighted by atomic mass is 16.6. The molecule has 0 amide bonds. The average molecular weight is 384 g/mol. The molecule has 28 heavy (non-hydrogen) atoms. The maximum atomic E-state index is 12.6. The van der Waals surface area contributed by atoms with E-state index in [0.717, 1.165) is 0 Å². The van der Waals surface area contributed by atoms with Gasteiger partial charge in [-0.15, -0.1) is 0 Å². The number of aromatic nitrogens is 1. The number of esters is 2. The summed E-state index contributed by atoms with van der Waals surface area (Å²) in [6.07, 6.45) is 0. The van der Waals surface area contributed by atoms with Gasteiger partial charge in [0.2, 0.25) is 0 Å². The van der Waals surface area contributed by atoms with E-state index in [9.17, 15) is 14.9 Å². The quantitative estimate of drug-likeness (QED) is 0.427. The van der Waals surface area contributed by atoms with Gasteiger partial charge in [-0.1, -0.05) is 12.1 Å². The van der Waals surface area contributed by atoms with Crippen LogP contribution >= 0.6 is 0 Å². The Hall–Kier alpha value is -3.47. The molecule has 1 aromatic heterocycles. The molecular weight excluding hydrogens is 360 g/mol. The van der Waals surface area contributed by atoms with Crippen LogP contribution in [0.3, 0.4) is 0 Å². The van der Waals surface area contributed by atoms with Crippen molar-refractivity contribution in [3.05, 3.63) is 35.5 Å². The Morgan fingerprint density at radius 3 is 2.11 bits per heavy atom. The molecule has 0 bridgehead atoms. The fourth-order valence-corrected chi connectivity index (χ4v) is 2.90. The van der Waals surface area contributed by atoms with Crippen LogP contribution in [-0.4, -0.2) is 44.2 Å². The molecule has 0 aliphatic heterocycles. The molecule has 8 nitrogen and oxygen atoms in total. The summed E-state index contributed by atoms with van der Waals surface area (Å²) >= 11 is 0. The van der Waals surface area contributed by atoms with Crippen LogP contribution in [0.5, 0.6) is 0 Å². The van der Waals surface area contributed by atoms with E-state index in [-0.39, 0.29) is 18.9 Å². The topological polar surface area (TPSA) is 121 Å². The van der Waals surface area contributed by atoms with Crippen LogP contribution < -0.4 is 10.6 Å². The Morgan fingerprint density at radius 1 is 1.14 bits per heavy atom. The third-order valence-electron chi connectivity index (χ3n) is 4.10. The van der Waals surface area contributed by atoms with E-state index in [1.807, 2.05) is 0 Å². The van der Waals surface area contributed by atoms with Gasteiger partial charge in [-0.05, 0) is 31.5 Å². The fourth-order valence-electron chi connectivity index (χ4n) is 2.90. The SMILES string of the molecule is CCOC(=O)C(C(=O)OCC)c1[nH]c(N(C)C)c(C#N)c1-c1ccc(N)cc1. The summed E-state index contributed by atoms with van der Waals surface area (Å²) in [6.45, 7) is 3.53. The highest BCUT2D eigenvalue weighted by Gasteiger charge is 2.37. The van der Waals surface area contributed by atoms with Gasteiger partial charge in [-0.2, -0.15) is 5.26 Å². The molecule has 0 atom stereocenters. The molecule has 3 N–H and O–H groups in total. The molecule has 2 rings (SSSR count). The van der Waals surface area contributed by atoms with Crippen LogP contribution in [0.15, 0.2) is 24.3 Å². The molecule has 0 spiro atoms. The number of benzene rings is 1. The van der Waals surface area contributed by atoms with E-state index < -0.39 is 17.9 Å². The highest BCUT2D eigenvalue weighted by molar-refractivity contribution is 6.03. The largest absolute Gasteiger partial charge is 0.465 e. The molecule has 148 valence electrons. The normalized spacial score (nSPS) is 10.4. The van der Waals surface area contributed by atoms with Crippen molar-refractivity contribution in [3.63, 3.8) is 0 Å². The second-order valence-corrected chi connectivity index (χ2v) is 6.20. The smallest absolute Gasteiger partial charge is 0.326 e. The van der Waals surface area contributed by atoms with E-state index in [1.54, 1.807) is 57.1 Å². The van der Waals surface area contributed by atoms with Crippen molar-refractivity contribution < 1.29 is 19.1 Å². The summed E-state index contributed by atoms with van der Waals surface area (Å²) in [5.74, 6) is -2.35. The summed E-state index contributed by atoms with van der Waals surface area (Å²) in [7, 11) is 3.51. The van der Waals surface area contributed by atoms with Gasteiger partial charge in [-0.25, -0.2) is 0 Å². The molecule has 8 heteroatoms. The van der Waals surface area contributed by atoms with Crippen molar-refractivity contribution in [2.75, 3.05) is 37.9 Å².